The molecule has 8 nitrogen and oxygen atoms in total. The summed E-state index contributed by atoms with van der Waals surface area (Å²) in [7, 11) is 0. The van der Waals surface area contributed by atoms with Gasteiger partial charge in [-0.2, -0.15) is 5.10 Å². The second-order valence-corrected chi connectivity index (χ2v) is 9.48. The first-order valence-corrected chi connectivity index (χ1v) is 12.4. The first kappa shape index (κ1) is 25.8. The number of nitrogens with zero attached hydrogens (tertiary/aromatic N) is 4. The average molecular weight is 469 g/mol. The van der Waals surface area contributed by atoms with Crippen LogP contribution < -0.4 is 11.6 Å². The summed E-state index contributed by atoms with van der Waals surface area (Å²) in [4.78, 5) is 14.1. The van der Waals surface area contributed by atoms with Crippen molar-refractivity contribution in [1.82, 2.24) is 19.7 Å². The van der Waals surface area contributed by atoms with Crippen LogP contribution in [0.3, 0.4) is 0 Å². The number of aliphatic carboxylic acids is 1. The Balaban J connectivity index is 1.70. The summed E-state index contributed by atoms with van der Waals surface area (Å²) < 4.78 is 2.07. The highest BCUT2D eigenvalue weighted by Gasteiger charge is 2.23. The lowest BCUT2D eigenvalue weighted by atomic mass is 9.88. The van der Waals surface area contributed by atoms with E-state index < -0.39 is 5.97 Å². The normalized spacial score (nSPS) is 18.1. The Kier molecular flexibility index (Phi) is 9.53. The molecule has 0 aliphatic carbocycles. The summed E-state index contributed by atoms with van der Waals surface area (Å²) in [5, 5.41) is 15.6. The molecule has 0 spiro atoms. The number of hydrazine groups is 1. The van der Waals surface area contributed by atoms with Gasteiger partial charge in [0.25, 0.3) is 0 Å². The van der Waals surface area contributed by atoms with Crippen molar-refractivity contribution < 1.29 is 9.90 Å². The second-order valence-electron chi connectivity index (χ2n) is 9.48. The fraction of sp³-hybridized carbons (Fsp3) is 0.538. The number of hydrogen-bond acceptors (Lipinski definition) is 6. The smallest absolute Gasteiger partial charge is 0.303 e. The van der Waals surface area contributed by atoms with Gasteiger partial charge in [0.05, 0.1) is 12.5 Å². The first-order valence-electron chi connectivity index (χ1n) is 12.4. The Morgan fingerprint density at radius 1 is 1.41 bits per heavy atom. The van der Waals surface area contributed by atoms with E-state index in [0.717, 1.165) is 51.0 Å². The molecular formula is C26H40N6O2. The first-order chi connectivity index (χ1) is 16.4. The fourth-order valence-electron chi connectivity index (χ4n) is 4.78. The van der Waals surface area contributed by atoms with Crippen LogP contribution in [0.5, 0.6) is 0 Å². The molecule has 0 saturated carbocycles. The summed E-state index contributed by atoms with van der Waals surface area (Å²) in [6.45, 7) is 7.82. The van der Waals surface area contributed by atoms with Gasteiger partial charge in [-0.1, -0.05) is 25.1 Å². The van der Waals surface area contributed by atoms with Crippen molar-refractivity contribution in [3.63, 3.8) is 0 Å². The Morgan fingerprint density at radius 3 is 2.94 bits per heavy atom. The zero-order valence-corrected chi connectivity index (χ0v) is 20.6. The molecule has 2 unspecified atom stereocenters. The van der Waals surface area contributed by atoms with Crippen molar-refractivity contribution in [3.05, 3.63) is 65.2 Å². The van der Waals surface area contributed by atoms with E-state index in [2.05, 4.69) is 46.7 Å². The molecule has 2 aromatic rings. The number of hydrogen-bond donors (Lipinski definition) is 3. The van der Waals surface area contributed by atoms with Crippen LogP contribution in [0.4, 0.5) is 0 Å². The maximum absolute atomic E-state index is 11.6. The summed E-state index contributed by atoms with van der Waals surface area (Å²) >= 11 is 0. The van der Waals surface area contributed by atoms with Gasteiger partial charge in [0.1, 0.15) is 0 Å². The molecule has 186 valence electrons. The minimum Gasteiger partial charge on any atom is -0.481 e. The van der Waals surface area contributed by atoms with E-state index in [-0.39, 0.29) is 12.3 Å². The van der Waals surface area contributed by atoms with Gasteiger partial charge in [-0.05, 0) is 74.2 Å². The number of benzene rings is 1. The number of aryl methyl sites for hydroxylation is 1. The third-order valence-electron chi connectivity index (χ3n) is 6.63. The minimum absolute atomic E-state index is 0.0855. The third-order valence-corrected chi connectivity index (χ3v) is 6.63. The average Bonchev–Trinajstić information content (AvgIpc) is 3.33. The monoisotopic (exact) mass is 468 g/mol. The number of carboxylic acids is 1. The number of likely N-dealkylation sites (tertiary alicyclic amines) is 1. The molecule has 2 heterocycles. The maximum Gasteiger partial charge on any atom is 0.303 e. The fourth-order valence-corrected chi connectivity index (χ4v) is 4.78. The molecule has 8 heteroatoms. The van der Waals surface area contributed by atoms with Gasteiger partial charge in [0.15, 0.2) is 0 Å². The molecule has 0 bridgehead atoms. The van der Waals surface area contributed by atoms with Gasteiger partial charge in [-0.3, -0.25) is 14.4 Å². The molecule has 0 amide bonds. The van der Waals surface area contributed by atoms with E-state index >= 15 is 0 Å². The molecule has 1 aromatic heterocycles. The predicted octanol–water partition coefficient (Wildman–Crippen LogP) is 3.75. The van der Waals surface area contributed by atoms with Gasteiger partial charge < -0.3 is 15.8 Å². The highest BCUT2D eigenvalue weighted by atomic mass is 16.4. The minimum atomic E-state index is -0.792. The Bertz CT molecular complexity index is 943. The van der Waals surface area contributed by atoms with Crippen molar-refractivity contribution in [1.29, 1.82) is 0 Å². The highest BCUT2D eigenvalue weighted by molar-refractivity contribution is 5.68. The van der Waals surface area contributed by atoms with Gasteiger partial charge >= 0.3 is 5.97 Å². The predicted molar refractivity (Wildman–Crippen MR) is 135 cm³/mol. The van der Waals surface area contributed by atoms with E-state index in [1.54, 1.807) is 11.2 Å². The quantitative estimate of drug-likeness (QED) is 0.321. The molecule has 1 aliphatic heterocycles. The van der Waals surface area contributed by atoms with Crippen LogP contribution in [0.25, 0.3) is 0 Å². The molecule has 1 aromatic carbocycles. The summed E-state index contributed by atoms with van der Waals surface area (Å²) in [5.41, 5.74) is 10.4. The number of carboxylic acid groups (broad SMARTS) is 1. The third kappa shape index (κ3) is 7.60. The molecule has 3 rings (SSSR count). The molecule has 0 radical (unpaired) electrons. The van der Waals surface area contributed by atoms with Crippen LogP contribution in [0.15, 0.2) is 48.6 Å². The van der Waals surface area contributed by atoms with Crippen LogP contribution in [0.2, 0.25) is 0 Å². The summed E-state index contributed by atoms with van der Waals surface area (Å²) in [6, 6.07) is 8.77. The number of allylic oxidation sites excluding steroid dienone is 1. The van der Waals surface area contributed by atoms with Crippen LogP contribution in [-0.4, -0.2) is 50.4 Å². The molecule has 1 aliphatic rings. The van der Waals surface area contributed by atoms with Crippen molar-refractivity contribution in [2.24, 2.45) is 11.6 Å². The summed E-state index contributed by atoms with van der Waals surface area (Å²) in [6.07, 6.45) is 10.2. The van der Waals surface area contributed by atoms with Gasteiger partial charge in [-0.15, -0.1) is 0 Å². The molecule has 1 saturated heterocycles. The van der Waals surface area contributed by atoms with Gasteiger partial charge in [0, 0.05) is 43.9 Å². The Morgan fingerprint density at radius 2 is 2.24 bits per heavy atom. The van der Waals surface area contributed by atoms with E-state index in [1.165, 1.54) is 11.1 Å². The SMILES string of the molecule is CCCN(N)/C=C(\N)CCC(CC(=O)O)c1ccc(C)c(CN2CCCC(n3cccn3)C2)c1. The number of piperidine rings is 1. The Labute approximate surface area is 203 Å². The zero-order valence-electron chi connectivity index (χ0n) is 20.6. The van der Waals surface area contributed by atoms with Crippen molar-refractivity contribution >= 4 is 5.97 Å². The lowest BCUT2D eigenvalue weighted by molar-refractivity contribution is -0.137. The van der Waals surface area contributed by atoms with E-state index in [9.17, 15) is 9.90 Å². The number of rotatable bonds is 12. The lowest BCUT2D eigenvalue weighted by Crippen LogP contribution is -2.36. The molecule has 1 fully saturated rings. The van der Waals surface area contributed by atoms with E-state index in [1.807, 2.05) is 18.5 Å². The summed E-state index contributed by atoms with van der Waals surface area (Å²) in [5.74, 6) is 5.03. The Hall–Kier alpha value is -2.84. The second kappa shape index (κ2) is 12.6. The lowest BCUT2D eigenvalue weighted by Gasteiger charge is -2.33. The largest absolute Gasteiger partial charge is 0.481 e. The number of nitrogens with two attached hydrogens (primary N) is 2. The van der Waals surface area contributed by atoms with Crippen LogP contribution in [0, 0.1) is 6.92 Å². The number of carbonyl (C=O) groups is 1. The van der Waals surface area contributed by atoms with Crippen LogP contribution in [-0.2, 0) is 11.3 Å². The van der Waals surface area contributed by atoms with Crippen molar-refractivity contribution in [3.8, 4) is 0 Å². The van der Waals surface area contributed by atoms with Crippen LogP contribution in [0.1, 0.15) is 74.1 Å². The van der Waals surface area contributed by atoms with Gasteiger partial charge in [-0.25, -0.2) is 5.84 Å². The highest BCUT2D eigenvalue weighted by Crippen LogP contribution is 2.29. The van der Waals surface area contributed by atoms with Crippen LogP contribution >= 0.6 is 0 Å². The van der Waals surface area contributed by atoms with Gasteiger partial charge in [0.2, 0.25) is 0 Å². The number of aromatic nitrogens is 2. The topological polar surface area (TPSA) is 114 Å². The van der Waals surface area contributed by atoms with Crippen molar-refractivity contribution in [2.75, 3.05) is 19.6 Å². The maximum atomic E-state index is 11.6. The molecule has 2 atom stereocenters. The molecule has 34 heavy (non-hydrogen) atoms. The van der Waals surface area contributed by atoms with Crippen molar-refractivity contribution in [2.45, 2.75) is 70.9 Å². The van der Waals surface area contributed by atoms with E-state index in [4.69, 9.17) is 11.6 Å². The van der Waals surface area contributed by atoms with E-state index in [0.29, 0.717) is 24.6 Å². The molecular weight excluding hydrogens is 428 g/mol. The zero-order chi connectivity index (χ0) is 24.5. The molecule has 5 N–H and O–H groups in total. The standard InChI is InChI=1S/C26H40N6O2/c1-3-12-31(28)18-24(27)10-9-22(16-26(33)34)21-8-7-20(2)23(15-21)17-30-13-4-6-25(19-30)32-14-5-11-29-32/h5,7-8,11,14-15,18,22,25H,3-4,6,9-10,12-13,16-17,19,27-28H2,1-2H3,(H,33,34)/b24-18-.